The number of aliphatic carboxylic acids is 1. The van der Waals surface area contributed by atoms with Crippen LogP contribution in [0.4, 0.5) is 0 Å². The highest BCUT2D eigenvalue weighted by Crippen LogP contribution is 2.09. The second-order valence-electron chi connectivity index (χ2n) is 8.07. The average molecular weight is 471 g/mol. The zero-order chi connectivity index (χ0) is 24.4. The molecule has 1 aromatic heterocycles. The number of H-pyrrole nitrogens is 1. The van der Waals surface area contributed by atoms with Crippen LogP contribution in [0.2, 0.25) is 0 Å². The van der Waals surface area contributed by atoms with E-state index in [2.05, 4.69) is 38.5 Å². The zero-order valence-corrected chi connectivity index (χ0v) is 19.7. The fourth-order valence-corrected chi connectivity index (χ4v) is 3.17. The molecular weight excluding hydrogens is 436 g/mol. The Bertz CT molecular complexity index is 773. The van der Waals surface area contributed by atoms with Crippen molar-refractivity contribution in [3.8, 4) is 0 Å². The lowest BCUT2D eigenvalue weighted by molar-refractivity contribution is -0.143. The predicted molar refractivity (Wildman–Crippen MR) is 122 cm³/mol. The molecule has 0 spiro atoms. The molecule has 0 saturated carbocycles. The second-order valence-corrected chi connectivity index (χ2v) is 8.44. The maximum atomic E-state index is 12.8. The number of carboxylic acid groups (broad SMARTS) is 1. The number of rotatable bonds is 13. The molecule has 32 heavy (non-hydrogen) atoms. The molecule has 12 heteroatoms. The van der Waals surface area contributed by atoms with Gasteiger partial charge in [-0.15, -0.1) is 0 Å². The maximum absolute atomic E-state index is 12.8. The molecule has 0 radical (unpaired) electrons. The number of imidazole rings is 1. The van der Waals surface area contributed by atoms with Crippen LogP contribution in [0.15, 0.2) is 12.5 Å². The van der Waals surface area contributed by atoms with Crippen LogP contribution in [0, 0.1) is 11.8 Å². The minimum absolute atomic E-state index is 0.0531. The zero-order valence-electron chi connectivity index (χ0n) is 18.8. The van der Waals surface area contributed by atoms with Gasteiger partial charge < -0.3 is 31.8 Å². The highest BCUT2D eigenvalue weighted by molar-refractivity contribution is 7.80. The number of aromatic amines is 1. The number of hydrogen-bond acceptors (Lipinski definition) is 7. The molecule has 0 saturated heterocycles. The lowest BCUT2D eigenvalue weighted by atomic mass is 9.99. The van der Waals surface area contributed by atoms with Crippen LogP contribution in [0.3, 0.4) is 0 Å². The Kier molecular flexibility index (Phi) is 11.2. The molecule has 180 valence electrons. The van der Waals surface area contributed by atoms with E-state index in [1.807, 2.05) is 6.92 Å². The number of carboxylic acids is 1. The van der Waals surface area contributed by atoms with Crippen LogP contribution in [-0.4, -0.2) is 68.7 Å². The molecule has 5 unspecified atom stereocenters. The number of carbonyl (C=O) groups is 4. The van der Waals surface area contributed by atoms with Crippen molar-refractivity contribution >= 4 is 36.3 Å². The Morgan fingerprint density at radius 1 is 1.09 bits per heavy atom. The first-order valence-corrected chi connectivity index (χ1v) is 11.1. The number of nitrogens with one attached hydrogen (secondary N) is 4. The highest BCUT2D eigenvalue weighted by Gasteiger charge is 2.32. The van der Waals surface area contributed by atoms with Gasteiger partial charge >= 0.3 is 5.97 Å². The van der Waals surface area contributed by atoms with Crippen LogP contribution in [0.5, 0.6) is 0 Å². The summed E-state index contributed by atoms with van der Waals surface area (Å²) in [5.74, 6) is -3.58. The number of nitrogens with two attached hydrogens (primary N) is 1. The Morgan fingerprint density at radius 3 is 2.19 bits per heavy atom. The molecule has 5 atom stereocenters. The molecular formula is C20H34N6O5S. The monoisotopic (exact) mass is 470 g/mol. The van der Waals surface area contributed by atoms with E-state index in [4.69, 9.17) is 5.73 Å². The number of amides is 3. The van der Waals surface area contributed by atoms with E-state index in [1.54, 1.807) is 27.0 Å². The van der Waals surface area contributed by atoms with Crippen molar-refractivity contribution in [2.75, 3.05) is 5.75 Å². The van der Waals surface area contributed by atoms with Gasteiger partial charge in [0.2, 0.25) is 17.7 Å². The molecule has 1 aromatic rings. The second kappa shape index (κ2) is 13.1. The minimum atomic E-state index is -1.16. The van der Waals surface area contributed by atoms with Crippen molar-refractivity contribution in [1.29, 1.82) is 0 Å². The quantitative estimate of drug-likeness (QED) is 0.189. The van der Waals surface area contributed by atoms with Crippen LogP contribution < -0.4 is 21.7 Å². The number of hydrogen-bond donors (Lipinski definition) is 7. The molecule has 0 aliphatic rings. The van der Waals surface area contributed by atoms with Crippen LogP contribution in [0.25, 0.3) is 0 Å². The molecule has 7 N–H and O–H groups in total. The number of aromatic nitrogens is 2. The van der Waals surface area contributed by atoms with Gasteiger partial charge in [-0.2, -0.15) is 12.6 Å². The van der Waals surface area contributed by atoms with E-state index in [0.29, 0.717) is 12.1 Å². The Balaban J connectivity index is 2.80. The van der Waals surface area contributed by atoms with Gasteiger partial charge in [0.1, 0.15) is 18.1 Å². The number of thiol groups is 1. The molecule has 0 aliphatic carbocycles. The highest BCUT2D eigenvalue weighted by atomic mass is 32.1. The van der Waals surface area contributed by atoms with Crippen LogP contribution in [-0.2, 0) is 25.6 Å². The van der Waals surface area contributed by atoms with Gasteiger partial charge in [0.05, 0.1) is 12.4 Å². The average Bonchev–Trinajstić information content (AvgIpc) is 3.25. The van der Waals surface area contributed by atoms with Gasteiger partial charge in [-0.25, -0.2) is 9.78 Å². The molecule has 0 aliphatic heterocycles. The first-order valence-electron chi connectivity index (χ1n) is 10.5. The smallest absolute Gasteiger partial charge is 0.326 e. The van der Waals surface area contributed by atoms with Crippen molar-refractivity contribution in [3.63, 3.8) is 0 Å². The Labute approximate surface area is 193 Å². The fraction of sp³-hybridized carbons (Fsp3) is 0.650. The van der Waals surface area contributed by atoms with Crippen molar-refractivity contribution in [3.05, 3.63) is 18.2 Å². The van der Waals surface area contributed by atoms with Gasteiger partial charge in [-0.05, 0) is 11.8 Å². The summed E-state index contributed by atoms with van der Waals surface area (Å²) in [6, 6.07) is -4.02. The third-order valence-electron chi connectivity index (χ3n) is 5.17. The van der Waals surface area contributed by atoms with Gasteiger partial charge in [0.15, 0.2) is 0 Å². The van der Waals surface area contributed by atoms with Gasteiger partial charge in [0, 0.05) is 24.1 Å². The molecule has 3 amide bonds. The lowest BCUT2D eigenvalue weighted by Gasteiger charge is -2.27. The predicted octanol–water partition coefficient (Wildman–Crippen LogP) is -0.550. The summed E-state index contributed by atoms with van der Waals surface area (Å²) < 4.78 is 0. The molecule has 0 bridgehead atoms. The van der Waals surface area contributed by atoms with Crippen molar-refractivity contribution in [2.24, 2.45) is 17.6 Å². The summed E-state index contributed by atoms with van der Waals surface area (Å²) in [5, 5.41) is 17.0. The Morgan fingerprint density at radius 2 is 1.72 bits per heavy atom. The van der Waals surface area contributed by atoms with Crippen LogP contribution >= 0.6 is 12.6 Å². The summed E-state index contributed by atoms with van der Waals surface area (Å²) in [6.45, 7) is 7.01. The summed E-state index contributed by atoms with van der Waals surface area (Å²) in [7, 11) is 0. The molecule has 1 rings (SSSR count). The molecule has 11 nitrogen and oxygen atoms in total. The molecule has 0 fully saturated rings. The summed E-state index contributed by atoms with van der Waals surface area (Å²) in [6.07, 6.45) is 3.80. The number of carbonyl (C=O) groups excluding carboxylic acids is 3. The van der Waals surface area contributed by atoms with Gasteiger partial charge in [0.25, 0.3) is 0 Å². The fourth-order valence-electron chi connectivity index (χ4n) is 2.91. The third-order valence-corrected chi connectivity index (χ3v) is 5.54. The summed E-state index contributed by atoms with van der Waals surface area (Å²) >= 11 is 4.11. The minimum Gasteiger partial charge on any atom is -0.480 e. The largest absolute Gasteiger partial charge is 0.480 e. The van der Waals surface area contributed by atoms with E-state index in [9.17, 15) is 24.3 Å². The SMILES string of the molecule is CCC(C)C(NC(=O)C(CS)NC(=O)C(NC(=O)C(N)Cc1cnc[nH]1)C(C)C)C(=O)O. The Hall–Kier alpha value is -2.60. The number of nitrogens with zero attached hydrogens (tertiary/aromatic N) is 1. The van der Waals surface area contributed by atoms with Crippen molar-refractivity contribution < 1.29 is 24.3 Å². The normalized spacial score (nSPS) is 15.8. The van der Waals surface area contributed by atoms with E-state index in [1.165, 1.54) is 6.33 Å². The summed E-state index contributed by atoms with van der Waals surface area (Å²) in [4.78, 5) is 56.1. The third kappa shape index (κ3) is 8.15. The van der Waals surface area contributed by atoms with Gasteiger partial charge in [-0.1, -0.05) is 34.1 Å². The van der Waals surface area contributed by atoms with Crippen LogP contribution in [0.1, 0.15) is 39.8 Å². The van der Waals surface area contributed by atoms with E-state index < -0.39 is 47.9 Å². The summed E-state index contributed by atoms with van der Waals surface area (Å²) in [5.41, 5.74) is 6.61. The van der Waals surface area contributed by atoms with E-state index in [-0.39, 0.29) is 24.0 Å². The lowest BCUT2D eigenvalue weighted by Crippen LogP contribution is -2.59. The van der Waals surface area contributed by atoms with Crippen molar-refractivity contribution in [2.45, 2.75) is 64.7 Å². The van der Waals surface area contributed by atoms with E-state index in [0.717, 1.165) is 0 Å². The first-order chi connectivity index (χ1) is 15.0. The van der Waals surface area contributed by atoms with Gasteiger partial charge in [-0.3, -0.25) is 14.4 Å². The maximum Gasteiger partial charge on any atom is 0.326 e. The standard InChI is InChI=1S/C20H34N6O5S/c1-5-11(4)16(20(30)31)26-18(28)14(8-32)24-19(29)15(10(2)3)25-17(27)13(21)6-12-7-22-9-23-12/h7,9-11,13-16,32H,5-6,8,21H2,1-4H3,(H,22,23)(H,24,29)(H,25,27)(H,26,28)(H,30,31). The molecule has 0 aromatic carbocycles. The van der Waals surface area contributed by atoms with Crippen molar-refractivity contribution in [1.82, 2.24) is 25.9 Å². The van der Waals surface area contributed by atoms with E-state index >= 15 is 0 Å². The molecule has 1 heterocycles. The first kappa shape index (κ1) is 27.4. The topological polar surface area (TPSA) is 179 Å².